The number of nitrogens with zero attached hydrogens (tertiary/aromatic N) is 4. The second kappa shape index (κ2) is 7.11. The molecule has 0 unspecified atom stereocenters. The van der Waals surface area contributed by atoms with Gasteiger partial charge in [0.15, 0.2) is 0 Å². The Morgan fingerprint density at radius 1 is 1.36 bits per heavy atom. The van der Waals surface area contributed by atoms with Crippen molar-refractivity contribution in [1.82, 2.24) is 24.6 Å². The number of H-pyrrole nitrogens is 1. The molecule has 2 aromatic heterocycles. The van der Waals surface area contributed by atoms with Gasteiger partial charge < -0.3 is 4.90 Å². The average Bonchev–Trinajstić information content (AvgIpc) is 3.17. The van der Waals surface area contributed by atoms with Gasteiger partial charge >= 0.3 is 5.69 Å². The van der Waals surface area contributed by atoms with Crippen molar-refractivity contribution in [3.8, 4) is 0 Å². The number of thiazole rings is 1. The van der Waals surface area contributed by atoms with Crippen LogP contribution in [0.3, 0.4) is 0 Å². The normalized spacial score (nSPS) is 16.0. The Morgan fingerprint density at radius 3 is 2.60 bits per heavy atom. The maximum Gasteiger partial charge on any atom is 0.343 e. The topological polar surface area (TPSA) is 83.9 Å². The number of aromatic nitrogens is 4. The molecule has 1 fully saturated rings. The van der Waals surface area contributed by atoms with Crippen LogP contribution in [0.4, 0.5) is 0 Å². The van der Waals surface area contributed by atoms with Gasteiger partial charge in [0.05, 0.1) is 10.7 Å². The number of carbonyl (C=O) groups is 1. The fourth-order valence-corrected chi connectivity index (χ4v) is 4.33. The average molecular weight is 363 g/mol. The van der Waals surface area contributed by atoms with Crippen LogP contribution >= 0.6 is 11.3 Å². The summed E-state index contributed by atoms with van der Waals surface area (Å²) in [6, 6.07) is 0. The molecule has 0 radical (unpaired) electrons. The highest BCUT2D eigenvalue weighted by Gasteiger charge is 2.29. The third-order valence-corrected chi connectivity index (χ3v) is 6.20. The molecule has 0 aliphatic carbocycles. The second-order valence-corrected chi connectivity index (χ2v) is 7.85. The molecule has 7 nitrogen and oxygen atoms in total. The smallest absolute Gasteiger partial charge is 0.338 e. The largest absolute Gasteiger partial charge is 0.343 e. The van der Waals surface area contributed by atoms with Crippen molar-refractivity contribution in [3.63, 3.8) is 0 Å². The monoisotopic (exact) mass is 363 g/mol. The summed E-state index contributed by atoms with van der Waals surface area (Å²) in [6.45, 7) is 10.0. The Hall–Kier alpha value is -1.96. The van der Waals surface area contributed by atoms with Gasteiger partial charge in [0.1, 0.15) is 10.7 Å². The van der Waals surface area contributed by atoms with Gasteiger partial charge in [-0.3, -0.25) is 9.36 Å². The van der Waals surface area contributed by atoms with Crippen LogP contribution in [0, 0.1) is 6.92 Å². The van der Waals surface area contributed by atoms with E-state index >= 15 is 0 Å². The number of hydrogen-bond acceptors (Lipinski definition) is 5. The molecule has 0 aromatic carbocycles. The zero-order valence-electron chi connectivity index (χ0n) is 15.2. The Morgan fingerprint density at radius 2 is 2.04 bits per heavy atom. The van der Waals surface area contributed by atoms with Crippen molar-refractivity contribution >= 4 is 17.2 Å². The SMILES string of the molecule is CCn1c(C2CCN(C(=O)c3sc(C(C)C)nc3C)CC2)n[nH]c1=O. The Balaban J connectivity index is 1.70. The molecule has 1 amide bonds. The van der Waals surface area contributed by atoms with E-state index in [0.29, 0.717) is 25.6 Å². The number of aryl methyl sites for hydroxylation is 1. The molecular weight excluding hydrogens is 338 g/mol. The predicted octanol–water partition coefficient (Wildman–Crippen LogP) is 2.50. The fourth-order valence-electron chi connectivity index (χ4n) is 3.29. The third-order valence-electron chi connectivity index (χ3n) is 4.75. The lowest BCUT2D eigenvalue weighted by Gasteiger charge is -2.31. The van der Waals surface area contributed by atoms with E-state index in [1.807, 2.05) is 18.7 Å². The van der Waals surface area contributed by atoms with Crippen molar-refractivity contribution in [1.29, 1.82) is 0 Å². The van der Waals surface area contributed by atoms with Crippen LogP contribution < -0.4 is 5.69 Å². The minimum absolute atomic E-state index is 0.0789. The molecule has 0 saturated carbocycles. The van der Waals surface area contributed by atoms with Crippen molar-refractivity contribution < 1.29 is 4.79 Å². The van der Waals surface area contributed by atoms with Crippen LogP contribution in [-0.2, 0) is 6.54 Å². The first-order valence-electron chi connectivity index (χ1n) is 8.84. The van der Waals surface area contributed by atoms with Crippen LogP contribution in [0.25, 0.3) is 0 Å². The van der Waals surface area contributed by atoms with E-state index in [2.05, 4.69) is 29.0 Å². The van der Waals surface area contributed by atoms with Crippen LogP contribution in [-0.4, -0.2) is 43.6 Å². The number of hydrogen-bond donors (Lipinski definition) is 1. The molecular formula is C17H25N5O2S. The number of nitrogens with one attached hydrogen (secondary N) is 1. The highest BCUT2D eigenvalue weighted by molar-refractivity contribution is 7.13. The van der Waals surface area contributed by atoms with E-state index in [4.69, 9.17) is 0 Å². The second-order valence-electron chi connectivity index (χ2n) is 6.82. The molecule has 1 saturated heterocycles. The molecule has 3 rings (SSSR count). The minimum Gasteiger partial charge on any atom is -0.338 e. The summed E-state index contributed by atoms with van der Waals surface area (Å²) in [7, 11) is 0. The van der Waals surface area contributed by atoms with Crippen molar-refractivity contribution in [2.45, 2.75) is 58.9 Å². The van der Waals surface area contributed by atoms with Crippen LogP contribution in [0.1, 0.15) is 71.6 Å². The zero-order valence-corrected chi connectivity index (χ0v) is 16.0. The molecule has 0 bridgehead atoms. The summed E-state index contributed by atoms with van der Waals surface area (Å²) in [5.41, 5.74) is 0.672. The van der Waals surface area contributed by atoms with E-state index in [0.717, 1.165) is 34.2 Å². The van der Waals surface area contributed by atoms with Crippen LogP contribution in [0.5, 0.6) is 0 Å². The molecule has 1 N–H and O–H groups in total. The van der Waals surface area contributed by atoms with E-state index in [1.165, 1.54) is 11.3 Å². The van der Waals surface area contributed by atoms with E-state index in [1.54, 1.807) is 4.57 Å². The standard InChI is InChI=1S/C17H25N5O2S/c1-5-22-14(19-20-17(22)24)12-6-8-21(9-7-12)16(23)13-11(4)18-15(25-13)10(2)3/h10,12H,5-9H2,1-4H3,(H,20,24). The summed E-state index contributed by atoms with van der Waals surface area (Å²) >= 11 is 1.51. The maximum absolute atomic E-state index is 12.8. The number of likely N-dealkylation sites (tertiary alicyclic amines) is 1. The molecule has 2 aromatic rings. The molecule has 0 spiro atoms. The number of piperidine rings is 1. The quantitative estimate of drug-likeness (QED) is 0.904. The predicted molar refractivity (Wildman–Crippen MR) is 97.3 cm³/mol. The summed E-state index contributed by atoms with van der Waals surface area (Å²) in [6.07, 6.45) is 1.65. The molecule has 25 heavy (non-hydrogen) atoms. The minimum atomic E-state index is -0.155. The van der Waals surface area contributed by atoms with Crippen LogP contribution in [0.15, 0.2) is 4.79 Å². The fraction of sp³-hybridized carbons (Fsp3) is 0.647. The van der Waals surface area contributed by atoms with E-state index in [9.17, 15) is 9.59 Å². The molecule has 0 atom stereocenters. The Bertz CT molecular complexity index is 811. The highest BCUT2D eigenvalue weighted by atomic mass is 32.1. The van der Waals surface area contributed by atoms with Crippen molar-refractivity contribution in [3.05, 3.63) is 31.9 Å². The summed E-state index contributed by atoms with van der Waals surface area (Å²) in [5.74, 6) is 1.45. The van der Waals surface area contributed by atoms with Crippen LogP contribution in [0.2, 0.25) is 0 Å². The van der Waals surface area contributed by atoms with E-state index in [-0.39, 0.29) is 17.5 Å². The highest BCUT2D eigenvalue weighted by Crippen LogP contribution is 2.30. The Labute approximate surface area is 151 Å². The molecule has 136 valence electrons. The summed E-state index contributed by atoms with van der Waals surface area (Å²) in [5, 5.41) is 7.74. The molecule has 1 aliphatic rings. The Kier molecular flexibility index (Phi) is 5.08. The van der Waals surface area contributed by atoms with Crippen molar-refractivity contribution in [2.75, 3.05) is 13.1 Å². The first-order chi connectivity index (χ1) is 11.9. The summed E-state index contributed by atoms with van der Waals surface area (Å²) < 4.78 is 1.68. The number of rotatable bonds is 4. The van der Waals surface area contributed by atoms with Gasteiger partial charge in [0.2, 0.25) is 0 Å². The number of carbonyl (C=O) groups excluding carboxylic acids is 1. The van der Waals surface area contributed by atoms with Gasteiger partial charge in [-0.25, -0.2) is 14.9 Å². The molecule has 3 heterocycles. The van der Waals surface area contributed by atoms with Gasteiger partial charge in [0.25, 0.3) is 5.91 Å². The lowest BCUT2D eigenvalue weighted by atomic mass is 9.95. The van der Waals surface area contributed by atoms with Gasteiger partial charge in [-0.15, -0.1) is 11.3 Å². The van der Waals surface area contributed by atoms with Crippen molar-refractivity contribution in [2.24, 2.45) is 0 Å². The zero-order chi connectivity index (χ0) is 18.1. The third kappa shape index (κ3) is 3.40. The first-order valence-corrected chi connectivity index (χ1v) is 9.65. The van der Waals surface area contributed by atoms with Gasteiger partial charge in [-0.1, -0.05) is 13.8 Å². The first kappa shape index (κ1) is 17.8. The lowest BCUT2D eigenvalue weighted by Crippen LogP contribution is -2.38. The molecule has 1 aliphatic heterocycles. The van der Waals surface area contributed by atoms with Gasteiger partial charge in [-0.2, -0.15) is 5.10 Å². The molecule has 8 heteroatoms. The van der Waals surface area contributed by atoms with Gasteiger partial charge in [0, 0.05) is 31.5 Å². The maximum atomic E-state index is 12.8. The number of aromatic amines is 1. The number of amides is 1. The van der Waals surface area contributed by atoms with Gasteiger partial charge in [-0.05, 0) is 26.7 Å². The lowest BCUT2D eigenvalue weighted by molar-refractivity contribution is 0.0714. The van der Waals surface area contributed by atoms with E-state index < -0.39 is 0 Å². The summed E-state index contributed by atoms with van der Waals surface area (Å²) in [4.78, 5) is 31.8.